The second kappa shape index (κ2) is 8.48. The van der Waals surface area contributed by atoms with Crippen LogP contribution in [0.25, 0.3) is 0 Å². The van der Waals surface area contributed by atoms with Gasteiger partial charge in [0.2, 0.25) is 0 Å². The molecule has 0 aliphatic rings. The van der Waals surface area contributed by atoms with Crippen LogP contribution in [0.4, 0.5) is 0 Å². The van der Waals surface area contributed by atoms with Crippen molar-refractivity contribution in [1.29, 1.82) is 0 Å². The SMILES string of the molecule is Cc1ccsc1/C=N/NC(=O)c1ccc(OCCC(C)C)cc1. The molecule has 0 radical (unpaired) electrons. The maximum atomic E-state index is 12.0. The van der Waals surface area contributed by atoms with Gasteiger partial charge in [0.15, 0.2) is 0 Å². The van der Waals surface area contributed by atoms with Gasteiger partial charge in [-0.25, -0.2) is 5.43 Å². The number of amides is 1. The van der Waals surface area contributed by atoms with Crippen molar-refractivity contribution < 1.29 is 9.53 Å². The van der Waals surface area contributed by atoms with E-state index in [9.17, 15) is 4.79 Å². The van der Waals surface area contributed by atoms with Gasteiger partial charge in [0.1, 0.15) is 5.75 Å². The zero-order valence-corrected chi connectivity index (χ0v) is 14.5. The molecule has 0 bridgehead atoms. The van der Waals surface area contributed by atoms with Crippen LogP contribution in [0.15, 0.2) is 40.8 Å². The molecule has 5 heteroatoms. The van der Waals surface area contributed by atoms with Crippen LogP contribution in [-0.2, 0) is 0 Å². The molecule has 122 valence electrons. The molecule has 1 N–H and O–H groups in total. The molecule has 0 aliphatic carbocycles. The number of benzene rings is 1. The minimum absolute atomic E-state index is 0.232. The highest BCUT2D eigenvalue weighted by atomic mass is 32.1. The number of hydrogen-bond donors (Lipinski definition) is 1. The van der Waals surface area contributed by atoms with Gasteiger partial charge in [-0.3, -0.25) is 4.79 Å². The normalized spacial score (nSPS) is 11.1. The Kier molecular flexibility index (Phi) is 6.35. The number of aryl methyl sites for hydroxylation is 1. The Morgan fingerprint density at radius 2 is 2.04 bits per heavy atom. The lowest BCUT2D eigenvalue weighted by atomic mass is 10.1. The van der Waals surface area contributed by atoms with Crippen LogP contribution in [0.1, 0.15) is 41.1 Å². The highest BCUT2D eigenvalue weighted by Crippen LogP contribution is 2.14. The molecule has 0 saturated carbocycles. The summed E-state index contributed by atoms with van der Waals surface area (Å²) in [6, 6.07) is 9.12. The first kappa shape index (κ1) is 17.2. The van der Waals surface area contributed by atoms with Crippen molar-refractivity contribution in [1.82, 2.24) is 5.43 Å². The second-order valence-electron chi connectivity index (χ2n) is 5.72. The van der Waals surface area contributed by atoms with Gasteiger partial charge in [-0.1, -0.05) is 13.8 Å². The van der Waals surface area contributed by atoms with Crippen LogP contribution in [0.5, 0.6) is 5.75 Å². The molecule has 2 aromatic rings. The van der Waals surface area contributed by atoms with E-state index < -0.39 is 0 Å². The Labute approximate surface area is 141 Å². The van der Waals surface area contributed by atoms with E-state index in [1.165, 1.54) is 0 Å². The second-order valence-corrected chi connectivity index (χ2v) is 6.67. The molecule has 0 atom stereocenters. The third kappa shape index (κ3) is 5.53. The van der Waals surface area contributed by atoms with E-state index in [-0.39, 0.29) is 5.91 Å². The maximum Gasteiger partial charge on any atom is 0.271 e. The number of carbonyl (C=O) groups excluding carboxylic acids is 1. The first-order valence-electron chi connectivity index (χ1n) is 7.66. The van der Waals surface area contributed by atoms with Gasteiger partial charge in [-0.05, 0) is 60.5 Å². The molecule has 0 fully saturated rings. The lowest BCUT2D eigenvalue weighted by Gasteiger charge is -2.08. The number of nitrogens with zero attached hydrogens (tertiary/aromatic N) is 1. The molecule has 1 heterocycles. The topological polar surface area (TPSA) is 50.7 Å². The first-order valence-corrected chi connectivity index (χ1v) is 8.54. The van der Waals surface area contributed by atoms with E-state index in [1.54, 1.807) is 29.7 Å². The van der Waals surface area contributed by atoms with E-state index in [1.807, 2.05) is 30.5 Å². The summed E-state index contributed by atoms with van der Waals surface area (Å²) < 4.78 is 5.63. The predicted molar refractivity (Wildman–Crippen MR) is 95.5 cm³/mol. The van der Waals surface area contributed by atoms with E-state index in [0.29, 0.717) is 18.1 Å². The van der Waals surface area contributed by atoms with E-state index in [4.69, 9.17) is 4.74 Å². The van der Waals surface area contributed by atoms with Gasteiger partial charge in [-0.2, -0.15) is 5.10 Å². The van der Waals surface area contributed by atoms with Gasteiger partial charge < -0.3 is 4.74 Å². The fraction of sp³-hybridized carbons (Fsp3) is 0.333. The van der Waals surface area contributed by atoms with Crippen molar-refractivity contribution in [3.8, 4) is 5.75 Å². The minimum Gasteiger partial charge on any atom is -0.494 e. The van der Waals surface area contributed by atoms with Crippen LogP contribution >= 0.6 is 11.3 Å². The Morgan fingerprint density at radius 1 is 1.30 bits per heavy atom. The Morgan fingerprint density at radius 3 is 2.65 bits per heavy atom. The quantitative estimate of drug-likeness (QED) is 0.609. The average molecular weight is 330 g/mol. The molecule has 0 spiro atoms. The third-order valence-corrected chi connectivity index (χ3v) is 4.28. The molecule has 4 nitrogen and oxygen atoms in total. The molecule has 1 aromatic carbocycles. The maximum absolute atomic E-state index is 12.0. The summed E-state index contributed by atoms with van der Waals surface area (Å²) in [7, 11) is 0. The summed E-state index contributed by atoms with van der Waals surface area (Å²) in [5.74, 6) is 1.16. The Bertz CT molecular complexity index is 660. The highest BCUT2D eigenvalue weighted by Gasteiger charge is 2.05. The lowest BCUT2D eigenvalue weighted by molar-refractivity contribution is 0.0955. The molecule has 23 heavy (non-hydrogen) atoms. The molecule has 0 unspecified atom stereocenters. The number of hydrogen-bond acceptors (Lipinski definition) is 4. The average Bonchev–Trinajstić information content (AvgIpc) is 2.93. The zero-order valence-electron chi connectivity index (χ0n) is 13.7. The molecular weight excluding hydrogens is 308 g/mol. The lowest BCUT2D eigenvalue weighted by Crippen LogP contribution is -2.17. The highest BCUT2D eigenvalue weighted by molar-refractivity contribution is 7.11. The van der Waals surface area contributed by atoms with Crippen molar-refractivity contribution >= 4 is 23.5 Å². The summed E-state index contributed by atoms with van der Waals surface area (Å²) in [5.41, 5.74) is 4.24. The number of nitrogens with one attached hydrogen (secondary N) is 1. The molecule has 0 aliphatic heterocycles. The fourth-order valence-electron chi connectivity index (χ4n) is 1.85. The van der Waals surface area contributed by atoms with E-state index in [0.717, 1.165) is 22.6 Å². The van der Waals surface area contributed by atoms with Crippen LogP contribution in [0.3, 0.4) is 0 Å². The van der Waals surface area contributed by atoms with Gasteiger partial charge in [-0.15, -0.1) is 11.3 Å². The predicted octanol–water partition coefficient (Wildman–Crippen LogP) is 4.25. The number of thiophene rings is 1. The van der Waals surface area contributed by atoms with Gasteiger partial charge in [0.05, 0.1) is 12.8 Å². The first-order chi connectivity index (χ1) is 11.1. The monoisotopic (exact) mass is 330 g/mol. The van der Waals surface area contributed by atoms with Gasteiger partial charge in [0, 0.05) is 10.4 Å². The number of rotatable bonds is 7. The number of carbonyl (C=O) groups is 1. The largest absolute Gasteiger partial charge is 0.494 e. The van der Waals surface area contributed by atoms with Crippen LogP contribution in [0.2, 0.25) is 0 Å². The summed E-state index contributed by atoms with van der Waals surface area (Å²) in [6.07, 6.45) is 2.68. The van der Waals surface area contributed by atoms with Crippen molar-refractivity contribution in [2.45, 2.75) is 27.2 Å². The Hall–Kier alpha value is -2.14. The van der Waals surface area contributed by atoms with Crippen molar-refractivity contribution in [2.24, 2.45) is 11.0 Å². The number of ether oxygens (including phenoxy) is 1. The smallest absolute Gasteiger partial charge is 0.271 e. The van der Waals surface area contributed by atoms with Crippen LogP contribution < -0.4 is 10.2 Å². The third-order valence-electron chi connectivity index (χ3n) is 3.33. The zero-order chi connectivity index (χ0) is 16.7. The minimum atomic E-state index is -0.232. The summed E-state index contributed by atoms with van der Waals surface area (Å²) >= 11 is 1.59. The van der Waals surface area contributed by atoms with Gasteiger partial charge >= 0.3 is 0 Å². The molecule has 2 rings (SSSR count). The van der Waals surface area contributed by atoms with Crippen molar-refractivity contribution in [2.75, 3.05) is 6.61 Å². The number of hydrazone groups is 1. The summed E-state index contributed by atoms with van der Waals surface area (Å²) in [5, 5.41) is 5.99. The summed E-state index contributed by atoms with van der Waals surface area (Å²) in [6.45, 7) is 7.02. The molecule has 0 saturated heterocycles. The Balaban J connectivity index is 1.85. The molecule has 1 aromatic heterocycles. The van der Waals surface area contributed by atoms with E-state index in [2.05, 4.69) is 24.4 Å². The van der Waals surface area contributed by atoms with Crippen molar-refractivity contribution in [3.63, 3.8) is 0 Å². The van der Waals surface area contributed by atoms with Crippen molar-refractivity contribution in [3.05, 3.63) is 51.7 Å². The summed E-state index contributed by atoms with van der Waals surface area (Å²) in [4.78, 5) is 13.1. The van der Waals surface area contributed by atoms with Crippen LogP contribution in [0, 0.1) is 12.8 Å². The standard InChI is InChI=1S/C18H22N2O2S/c1-13(2)8-10-22-16-6-4-15(5-7-16)18(21)20-19-12-17-14(3)9-11-23-17/h4-7,9,11-13H,8,10H2,1-3H3,(H,20,21)/b19-12+. The van der Waals surface area contributed by atoms with Crippen LogP contribution in [-0.4, -0.2) is 18.7 Å². The van der Waals surface area contributed by atoms with Gasteiger partial charge in [0.25, 0.3) is 5.91 Å². The molecular formula is C18H22N2O2S. The molecule has 1 amide bonds. The fourth-order valence-corrected chi connectivity index (χ4v) is 2.63. The van der Waals surface area contributed by atoms with E-state index >= 15 is 0 Å².